The molecular weight excluding hydrogens is 205 g/mol. The Labute approximate surface area is 95.1 Å². The predicted molar refractivity (Wildman–Crippen MR) is 60.8 cm³/mol. The van der Waals surface area contributed by atoms with Gasteiger partial charge in [0.1, 0.15) is 12.1 Å². The van der Waals surface area contributed by atoms with Gasteiger partial charge in [0.25, 0.3) is 0 Å². The Balaban J connectivity index is 2.19. The summed E-state index contributed by atoms with van der Waals surface area (Å²) in [4.78, 5) is 13.4. The lowest BCUT2D eigenvalue weighted by Gasteiger charge is -2.18. The number of carbonyl (C=O) groups is 1. The van der Waals surface area contributed by atoms with Gasteiger partial charge in [0.2, 0.25) is 0 Å². The molecule has 1 saturated heterocycles. The van der Waals surface area contributed by atoms with Gasteiger partial charge in [-0.15, -0.1) is 0 Å². The van der Waals surface area contributed by atoms with Crippen LogP contribution >= 0.6 is 0 Å². The molecule has 1 aliphatic rings. The zero-order chi connectivity index (χ0) is 11.5. The Morgan fingerprint density at radius 2 is 2.38 bits per heavy atom. The molecule has 1 aromatic rings. The van der Waals surface area contributed by atoms with E-state index in [1.807, 2.05) is 13.1 Å². The van der Waals surface area contributed by atoms with Gasteiger partial charge in [0.15, 0.2) is 0 Å². The second-order valence-corrected chi connectivity index (χ2v) is 4.53. The van der Waals surface area contributed by atoms with Crippen molar-refractivity contribution in [2.24, 2.45) is 5.92 Å². The first-order chi connectivity index (χ1) is 7.70. The predicted octanol–water partition coefficient (Wildman–Crippen LogP) is 2.06. The standard InChI is InChI=1S/C13H16FNO/c1-15-6-5-11(8-15)13(9-16)10-3-2-4-12(14)7-10/h2-4,7,9,11,13H,5-6,8H2,1H3. The fourth-order valence-corrected chi connectivity index (χ4v) is 2.44. The molecule has 1 aromatic carbocycles. The van der Waals surface area contributed by atoms with Crippen LogP contribution in [0.5, 0.6) is 0 Å². The first kappa shape index (κ1) is 11.3. The molecule has 0 N–H and O–H groups in total. The van der Waals surface area contributed by atoms with Crippen LogP contribution in [-0.2, 0) is 4.79 Å². The molecule has 1 fully saturated rings. The highest BCUT2D eigenvalue weighted by molar-refractivity contribution is 5.62. The van der Waals surface area contributed by atoms with Gasteiger partial charge < -0.3 is 9.69 Å². The molecule has 3 heteroatoms. The van der Waals surface area contributed by atoms with Crippen LogP contribution in [0.3, 0.4) is 0 Å². The van der Waals surface area contributed by atoms with Crippen molar-refractivity contribution < 1.29 is 9.18 Å². The molecule has 1 heterocycles. The van der Waals surface area contributed by atoms with Crippen molar-refractivity contribution in [2.75, 3.05) is 20.1 Å². The minimum Gasteiger partial charge on any atom is -0.306 e. The van der Waals surface area contributed by atoms with Gasteiger partial charge in [0.05, 0.1) is 0 Å². The molecule has 16 heavy (non-hydrogen) atoms. The third-order valence-corrected chi connectivity index (χ3v) is 3.32. The number of carbonyl (C=O) groups excluding carboxylic acids is 1. The molecule has 2 nitrogen and oxygen atoms in total. The Bertz CT molecular complexity index is 380. The Kier molecular flexibility index (Phi) is 3.34. The van der Waals surface area contributed by atoms with E-state index in [-0.39, 0.29) is 11.7 Å². The molecule has 0 saturated carbocycles. The minimum atomic E-state index is -0.268. The fraction of sp³-hybridized carbons (Fsp3) is 0.462. The SMILES string of the molecule is CN1CCC(C(C=O)c2cccc(F)c2)C1. The van der Waals surface area contributed by atoms with Crippen LogP contribution in [0.4, 0.5) is 4.39 Å². The smallest absolute Gasteiger partial charge is 0.127 e. The maximum atomic E-state index is 13.1. The summed E-state index contributed by atoms with van der Waals surface area (Å²) in [6, 6.07) is 6.38. The average Bonchev–Trinajstić information content (AvgIpc) is 2.66. The Morgan fingerprint density at radius 1 is 1.56 bits per heavy atom. The second kappa shape index (κ2) is 4.74. The topological polar surface area (TPSA) is 20.3 Å². The van der Waals surface area contributed by atoms with Crippen molar-refractivity contribution in [3.8, 4) is 0 Å². The molecule has 0 spiro atoms. The van der Waals surface area contributed by atoms with Gasteiger partial charge >= 0.3 is 0 Å². The average molecular weight is 221 g/mol. The number of nitrogens with zero attached hydrogens (tertiary/aromatic N) is 1. The van der Waals surface area contributed by atoms with Crippen LogP contribution in [0.1, 0.15) is 17.9 Å². The van der Waals surface area contributed by atoms with Crippen LogP contribution < -0.4 is 0 Å². The number of likely N-dealkylation sites (tertiary alicyclic amines) is 1. The fourth-order valence-electron chi connectivity index (χ4n) is 2.44. The van der Waals surface area contributed by atoms with E-state index in [1.165, 1.54) is 12.1 Å². The maximum absolute atomic E-state index is 13.1. The molecule has 1 aliphatic heterocycles. The summed E-state index contributed by atoms with van der Waals surface area (Å²) in [5.74, 6) is -0.111. The first-order valence-electron chi connectivity index (χ1n) is 5.60. The molecular formula is C13H16FNO. The summed E-state index contributed by atoms with van der Waals surface area (Å²) >= 11 is 0. The van der Waals surface area contributed by atoms with E-state index in [0.29, 0.717) is 5.92 Å². The van der Waals surface area contributed by atoms with Gasteiger partial charge in [-0.3, -0.25) is 0 Å². The van der Waals surface area contributed by atoms with E-state index in [9.17, 15) is 9.18 Å². The van der Waals surface area contributed by atoms with Gasteiger partial charge in [-0.2, -0.15) is 0 Å². The van der Waals surface area contributed by atoms with Crippen molar-refractivity contribution in [1.29, 1.82) is 0 Å². The van der Waals surface area contributed by atoms with E-state index in [0.717, 1.165) is 31.4 Å². The van der Waals surface area contributed by atoms with Crippen LogP contribution in [0.25, 0.3) is 0 Å². The van der Waals surface area contributed by atoms with Crippen molar-refractivity contribution in [3.05, 3.63) is 35.6 Å². The van der Waals surface area contributed by atoms with E-state index >= 15 is 0 Å². The number of hydrogen-bond donors (Lipinski definition) is 0. The van der Waals surface area contributed by atoms with Crippen molar-refractivity contribution >= 4 is 6.29 Å². The number of halogens is 1. The van der Waals surface area contributed by atoms with E-state index < -0.39 is 0 Å². The number of aldehydes is 1. The summed E-state index contributed by atoms with van der Waals surface area (Å²) < 4.78 is 13.1. The number of benzene rings is 1. The summed E-state index contributed by atoms with van der Waals surface area (Å²) in [7, 11) is 2.05. The normalized spacial score (nSPS) is 23.2. The van der Waals surface area contributed by atoms with Crippen LogP contribution in [0.15, 0.2) is 24.3 Å². The lowest BCUT2D eigenvalue weighted by molar-refractivity contribution is -0.110. The van der Waals surface area contributed by atoms with Gasteiger partial charge in [0, 0.05) is 12.5 Å². The van der Waals surface area contributed by atoms with Crippen LogP contribution in [-0.4, -0.2) is 31.3 Å². The van der Waals surface area contributed by atoms with Crippen molar-refractivity contribution in [3.63, 3.8) is 0 Å². The lowest BCUT2D eigenvalue weighted by atomic mass is 9.86. The highest BCUT2D eigenvalue weighted by atomic mass is 19.1. The molecule has 2 unspecified atom stereocenters. The lowest BCUT2D eigenvalue weighted by Crippen LogP contribution is -2.19. The van der Waals surface area contributed by atoms with Crippen molar-refractivity contribution in [2.45, 2.75) is 12.3 Å². The molecule has 0 amide bonds. The minimum absolute atomic E-state index is 0.166. The van der Waals surface area contributed by atoms with Crippen LogP contribution in [0.2, 0.25) is 0 Å². The second-order valence-electron chi connectivity index (χ2n) is 4.53. The van der Waals surface area contributed by atoms with E-state index in [1.54, 1.807) is 6.07 Å². The van der Waals surface area contributed by atoms with E-state index in [2.05, 4.69) is 4.90 Å². The Morgan fingerprint density at radius 3 is 2.94 bits per heavy atom. The molecule has 2 rings (SSSR count). The first-order valence-corrected chi connectivity index (χ1v) is 5.60. The molecule has 0 bridgehead atoms. The largest absolute Gasteiger partial charge is 0.306 e. The number of rotatable bonds is 3. The molecule has 86 valence electrons. The number of hydrogen-bond acceptors (Lipinski definition) is 2. The summed E-state index contributed by atoms with van der Waals surface area (Å²) in [5.41, 5.74) is 0.801. The zero-order valence-electron chi connectivity index (χ0n) is 9.40. The van der Waals surface area contributed by atoms with Gasteiger partial charge in [-0.25, -0.2) is 4.39 Å². The van der Waals surface area contributed by atoms with Gasteiger partial charge in [-0.1, -0.05) is 12.1 Å². The summed E-state index contributed by atoms with van der Waals surface area (Å²) in [6.45, 7) is 1.93. The third-order valence-electron chi connectivity index (χ3n) is 3.32. The third kappa shape index (κ3) is 2.30. The zero-order valence-corrected chi connectivity index (χ0v) is 9.40. The molecule has 0 aliphatic carbocycles. The quantitative estimate of drug-likeness (QED) is 0.728. The molecule has 0 aromatic heterocycles. The molecule has 2 atom stereocenters. The maximum Gasteiger partial charge on any atom is 0.127 e. The summed E-state index contributed by atoms with van der Waals surface area (Å²) in [5, 5.41) is 0. The van der Waals surface area contributed by atoms with Gasteiger partial charge in [-0.05, 0) is 43.6 Å². The monoisotopic (exact) mass is 221 g/mol. The van der Waals surface area contributed by atoms with Crippen molar-refractivity contribution in [1.82, 2.24) is 4.90 Å². The van der Waals surface area contributed by atoms with Crippen LogP contribution in [0, 0.1) is 11.7 Å². The molecule has 0 radical (unpaired) electrons. The Hall–Kier alpha value is -1.22. The highest BCUT2D eigenvalue weighted by Crippen LogP contribution is 2.30. The van der Waals surface area contributed by atoms with E-state index in [4.69, 9.17) is 0 Å². The highest BCUT2D eigenvalue weighted by Gasteiger charge is 2.28. The summed E-state index contributed by atoms with van der Waals surface area (Å²) in [6.07, 6.45) is 1.97.